The maximum Gasteiger partial charge on any atom is 0.0951 e. The van der Waals surface area contributed by atoms with Crippen LogP contribution in [0.15, 0.2) is 140 Å². The van der Waals surface area contributed by atoms with Crippen molar-refractivity contribution in [2.24, 2.45) is 0 Å². The summed E-state index contributed by atoms with van der Waals surface area (Å²) < 4.78 is 1.94. The molecule has 43 heavy (non-hydrogen) atoms. The largest absolute Gasteiger partial charge is 0.298 e. The first kappa shape index (κ1) is 25.7. The molecule has 5 heteroatoms. The highest BCUT2D eigenvalue weighted by Gasteiger charge is 2.23. The first-order valence-corrected chi connectivity index (χ1v) is 14.4. The summed E-state index contributed by atoms with van der Waals surface area (Å²) in [4.78, 5) is 4.67. The lowest BCUT2D eigenvalue weighted by atomic mass is 9.42. The molecule has 0 unspecified atom stereocenters. The van der Waals surface area contributed by atoms with Gasteiger partial charge in [0.05, 0.1) is 40.4 Å². The van der Waals surface area contributed by atoms with E-state index in [9.17, 15) is 0 Å². The Balaban J connectivity index is 1.38. The van der Waals surface area contributed by atoms with Gasteiger partial charge < -0.3 is 0 Å². The molecule has 8 rings (SSSR count). The molecule has 0 aliphatic carbocycles. The molecule has 0 spiro atoms. The van der Waals surface area contributed by atoms with Crippen LogP contribution in [-0.4, -0.2) is 33.1 Å². The Bertz CT molecular complexity index is 2270. The van der Waals surface area contributed by atoms with Gasteiger partial charge in [-0.1, -0.05) is 120 Å². The summed E-state index contributed by atoms with van der Waals surface area (Å²) in [5.74, 6) is 0.400. The fourth-order valence-corrected chi connectivity index (χ4v) is 6.53. The Morgan fingerprint density at radius 3 is 1.67 bits per heavy atom. The number of imidazole rings is 1. The van der Waals surface area contributed by atoms with Crippen LogP contribution in [0.4, 0.5) is 0 Å². The minimum Gasteiger partial charge on any atom is -0.298 e. The van der Waals surface area contributed by atoms with Crippen LogP contribution < -0.4 is 0 Å². The van der Waals surface area contributed by atoms with Gasteiger partial charge in [-0.05, 0) is 78.8 Å². The van der Waals surface area contributed by atoms with Crippen molar-refractivity contribution in [3.05, 3.63) is 145 Å². The van der Waals surface area contributed by atoms with E-state index in [2.05, 4.69) is 120 Å². The molecule has 194 valence electrons. The Morgan fingerprint density at radius 1 is 0.488 bits per heavy atom. The molecule has 8 aromatic rings. The molecule has 0 N–H and O–H groups in total. The van der Waals surface area contributed by atoms with Gasteiger partial charge in [-0.25, -0.2) is 4.98 Å². The van der Waals surface area contributed by atoms with E-state index in [1.807, 2.05) is 28.8 Å². The number of aromatic nitrogens is 2. The van der Waals surface area contributed by atoms with Crippen LogP contribution in [-0.2, 0) is 5.11 Å². The minimum absolute atomic E-state index is 0.400. The monoisotopic (exact) mass is 540 g/mol. The predicted molar refractivity (Wildman–Crippen MR) is 183 cm³/mol. The number of rotatable bonds is 4. The molecule has 0 atom stereocenters. The van der Waals surface area contributed by atoms with Gasteiger partial charge in [0.1, 0.15) is 0 Å². The summed E-state index contributed by atoms with van der Waals surface area (Å²) in [7, 11) is 18.5. The third-order valence-corrected chi connectivity index (χ3v) is 8.35. The lowest BCUT2D eigenvalue weighted by Gasteiger charge is -2.22. The molecular weight excluding hydrogens is 517 g/mol. The van der Waals surface area contributed by atoms with Crippen molar-refractivity contribution < 1.29 is 0 Å². The second-order valence-corrected chi connectivity index (χ2v) is 11.1. The topological polar surface area (TPSA) is 17.8 Å². The van der Waals surface area contributed by atoms with Crippen LogP contribution in [0.1, 0.15) is 5.82 Å². The van der Waals surface area contributed by atoms with Crippen LogP contribution in [0.3, 0.4) is 0 Å². The Morgan fingerprint density at radius 2 is 1.02 bits per heavy atom. The highest BCUT2D eigenvalue weighted by molar-refractivity contribution is 6.58. The molecule has 0 saturated heterocycles. The van der Waals surface area contributed by atoms with Crippen LogP contribution in [0.25, 0.3) is 71.3 Å². The Hall–Kier alpha value is -5.02. The zero-order valence-corrected chi connectivity index (χ0v) is 23.4. The number of benzene rings is 7. The lowest BCUT2D eigenvalue weighted by Crippen LogP contribution is -2.31. The molecule has 0 bridgehead atoms. The van der Waals surface area contributed by atoms with Crippen molar-refractivity contribution in [3.63, 3.8) is 0 Å². The quantitative estimate of drug-likeness (QED) is 0.162. The van der Waals surface area contributed by atoms with Crippen molar-refractivity contribution >= 4 is 66.9 Å². The van der Waals surface area contributed by atoms with Gasteiger partial charge >= 0.3 is 0 Å². The molecule has 0 aliphatic rings. The first-order chi connectivity index (χ1) is 21.0. The van der Waals surface area contributed by atoms with Crippen molar-refractivity contribution in [3.8, 4) is 27.9 Å². The number of nitrogens with zero attached hydrogens (tertiary/aromatic N) is 2. The molecule has 0 amide bonds. The third-order valence-electron chi connectivity index (χ3n) is 8.35. The standard InChI is InChI=1S/C38H23B3N2/c39-38(40,41)37-42-33-18-7-8-19-34(33)43(37)26-22-20-25(21-23-26)35-29-13-3-5-15-31(29)36(32-16-6-4-14-30(32)35)28-17-9-11-24-10-1-2-12-27(24)28/h1-23H. The summed E-state index contributed by atoms with van der Waals surface area (Å²) in [6.45, 7) is 0. The fraction of sp³-hybridized carbons (Fsp3) is 0.0263. The van der Waals surface area contributed by atoms with Gasteiger partial charge in [-0.2, -0.15) is 0 Å². The van der Waals surface area contributed by atoms with Gasteiger partial charge in [0, 0.05) is 5.69 Å². The highest BCUT2D eigenvalue weighted by atomic mass is 15.1. The second kappa shape index (κ2) is 9.78. The van der Waals surface area contributed by atoms with Crippen LogP contribution in [0.2, 0.25) is 0 Å². The summed E-state index contributed by atoms with van der Waals surface area (Å²) in [5, 5.41) is 5.73. The maximum atomic E-state index is 6.17. The number of fused-ring (bicyclic) bond motifs is 4. The van der Waals surface area contributed by atoms with Crippen molar-refractivity contribution in [1.82, 2.24) is 9.55 Å². The second-order valence-electron chi connectivity index (χ2n) is 11.1. The number of para-hydroxylation sites is 2. The van der Waals surface area contributed by atoms with E-state index in [4.69, 9.17) is 23.5 Å². The smallest absolute Gasteiger partial charge is 0.0951 e. The average molecular weight is 540 g/mol. The predicted octanol–water partition coefficient (Wildman–Crippen LogP) is 8.43. The van der Waals surface area contributed by atoms with Gasteiger partial charge in [0.2, 0.25) is 0 Å². The third kappa shape index (κ3) is 4.11. The molecule has 0 saturated carbocycles. The summed E-state index contributed by atoms with van der Waals surface area (Å²) in [6.07, 6.45) is 0. The van der Waals surface area contributed by atoms with Crippen molar-refractivity contribution in [2.45, 2.75) is 5.11 Å². The minimum atomic E-state index is -1.60. The molecule has 1 aromatic heterocycles. The normalized spacial score (nSPS) is 12.0. The molecule has 2 nitrogen and oxygen atoms in total. The molecular formula is C38H23B3N2. The van der Waals surface area contributed by atoms with E-state index in [0.29, 0.717) is 5.82 Å². The van der Waals surface area contributed by atoms with Gasteiger partial charge in [-0.15, -0.1) is 0 Å². The van der Waals surface area contributed by atoms with E-state index in [1.54, 1.807) is 0 Å². The van der Waals surface area contributed by atoms with Gasteiger partial charge in [-0.3, -0.25) is 4.57 Å². The van der Waals surface area contributed by atoms with E-state index < -0.39 is 5.11 Å². The molecule has 1 heterocycles. The summed E-state index contributed by atoms with van der Waals surface area (Å²) in [5.41, 5.74) is 7.37. The molecule has 0 aliphatic heterocycles. The van der Waals surface area contributed by atoms with Crippen molar-refractivity contribution in [1.29, 1.82) is 0 Å². The number of hydrogen-bond donors (Lipinski definition) is 0. The molecule has 0 fully saturated rings. The summed E-state index contributed by atoms with van der Waals surface area (Å²) in [6, 6.07) is 48.9. The highest BCUT2D eigenvalue weighted by Crippen LogP contribution is 2.45. The average Bonchev–Trinajstić information content (AvgIpc) is 3.44. The van der Waals surface area contributed by atoms with Gasteiger partial charge in [0.15, 0.2) is 0 Å². The lowest BCUT2D eigenvalue weighted by molar-refractivity contribution is 0.929. The zero-order chi connectivity index (χ0) is 29.1. The van der Waals surface area contributed by atoms with E-state index in [-0.39, 0.29) is 0 Å². The Labute approximate surface area is 254 Å². The number of hydrogen-bond acceptors (Lipinski definition) is 1. The molecule has 6 radical (unpaired) electrons. The Kier molecular flexibility index (Phi) is 5.84. The maximum absolute atomic E-state index is 6.17. The van der Waals surface area contributed by atoms with E-state index in [1.165, 1.54) is 49.0 Å². The van der Waals surface area contributed by atoms with Gasteiger partial charge in [0.25, 0.3) is 0 Å². The fourth-order valence-electron chi connectivity index (χ4n) is 6.53. The van der Waals surface area contributed by atoms with E-state index in [0.717, 1.165) is 22.3 Å². The van der Waals surface area contributed by atoms with Crippen LogP contribution in [0, 0.1) is 0 Å². The van der Waals surface area contributed by atoms with Crippen LogP contribution in [0.5, 0.6) is 0 Å². The van der Waals surface area contributed by atoms with Crippen LogP contribution >= 0.6 is 0 Å². The first-order valence-electron chi connectivity index (χ1n) is 14.4. The zero-order valence-electron chi connectivity index (χ0n) is 23.4. The SMILES string of the molecule is [B]C([B])([B])c1nc2ccccc2n1-c1ccc(-c2c3ccccc3c(-c3cccc4ccccc34)c3ccccc23)cc1. The van der Waals surface area contributed by atoms with E-state index >= 15 is 0 Å². The van der Waals surface area contributed by atoms with Crippen molar-refractivity contribution in [2.75, 3.05) is 0 Å². The molecule has 7 aromatic carbocycles. The summed E-state index contributed by atoms with van der Waals surface area (Å²) >= 11 is 0.